The summed E-state index contributed by atoms with van der Waals surface area (Å²) in [5, 5.41) is 2.84. The predicted molar refractivity (Wildman–Crippen MR) is 84.5 cm³/mol. The minimum atomic E-state index is -0.0662. The topological polar surface area (TPSA) is 73.0 Å². The van der Waals surface area contributed by atoms with E-state index in [0.717, 1.165) is 26.2 Å². The largest absolute Gasteiger partial charge is 0.353 e. The SMILES string of the molecule is C[13C](=O)[13CH2][13CH2][13C](=O)N(C)C[13CH2][15NH][13C](=O)[13CH2]N1CCN(C)CC1. The van der Waals surface area contributed by atoms with Crippen molar-refractivity contribution in [2.75, 3.05) is 59.9 Å². The number of rotatable bonds is 8. The molecule has 0 saturated carbocycles. The Morgan fingerprint density at radius 3 is 2.32 bits per heavy atom. The molecule has 0 aromatic rings. The van der Waals surface area contributed by atoms with Crippen LogP contribution in [-0.4, -0.2) is 92.2 Å². The first-order valence-electron chi connectivity index (χ1n) is 7.79. The highest BCUT2D eigenvalue weighted by Crippen LogP contribution is 1.98. The lowest BCUT2D eigenvalue weighted by Crippen LogP contribution is -2.48. The number of ketones is 1. The summed E-state index contributed by atoms with van der Waals surface area (Å²) in [6, 6.07) is 0. The molecule has 7 heteroatoms. The van der Waals surface area contributed by atoms with Gasteiger partial charge in [0.1, 0.15) is 5.78 Å². The third kappa shape index (κ3) is 7.51. The van der Waals surface area contributed by atoms with Crippen LogP contribution in [0.5, 0.6) is 0 Å². The molecule has 0 bridgehead atoms. The van der Waals surface area contributed by atoms with Gasteiger partial charge in [0.2, 0.25) is 11.8 Å². The second kappa shape index (κ2) is 9.53. The molecular formula is C15H28N4O3. The van der Waals surface area contributed by atoms with Crippen LogP contribution in [0.1, 0.15) is 19.8 Å². The third-order valence-electron chi connectivity index (χ3n) is 3.85. The average molecular weight is 320 g/mol. The molecule has 0 spiro atoms. The van der Waals surface area contributed by atoms with Gasteiger partial charge in [0.05, 0.1) is 6.54 Å². The minimum absolute atomic E-state index is 0.00543. The van der Waals surface area contributed by atoms with E-state index in [0.29, 0.717) is 19.6 Å². The van der Waals surface area contributed by atoms with Crippen molar-refractivity contribution < 1.29 is 14.4 Å². The molecule has 0 atom stereocenters. The van der Waals surface area contributed by atoms with E-state index in [2.05, 4.69) is 22.2 Å². The fourth-order valence-corrected chi connectivity index (χ4v) is 2.23. The van der Waals surface area contributed by atoms with E-state index >= 15 is 0 Å². The quantitative estimate of drug-likeness (QED) is 0.467. The number of amides is 2. The van der Waals surface area contributed by atoms with E-state index in [1.54, 1.807) is 11.9 Å². The zero-order valence-electron chi connectivity index (χ0n) is 13.9. The lowest BCUT2D eigenvalue weighted by atomic mass is 10.4. The second-order valence-electron chi connectivity index (χ2n) is 5.95. The Hall–Kier alpha value is -1.47. The van der Waals surface area contributed by atoms with Gasteiger partial charge in [-0.15, -0.1) is 0 Å². The van der Waals surface area contributed by atoms with Crippen LogP contribution < -0.4 is 5.32 Å². The standard InChI is InChI=1S/C15H28N4O3/c1-13(20)4-5-15(22)18(3)7-6-16-14(21)12-19-10-8-17(2)9-11-19/h4-12H2,1-3H3,(H,16,21)/i4+1,5+1,6+1,12+1,13+1,14+1,15+1,16+1. The van der Waals surface area contributed by atoms with Crippen LogP contribution in [0.4, 0.5) is 0 Å². The number of piperazine rings is 1. The number of hydrogen-bond donors (Lipinski definition) is 1. The van der Waals surface area contributed by atoms with Crippen LogP contribution >= 0.6 is 0 Å². The molecule has 1 aliphatic heterocycles. The fourth-order valence-electron chi connectivity index (χ4n) is 2.23. The van der Waals surface area contributed by atoms with Crippen LogP contribution in [0.25, 0.3) is 0 Å². The summed E-state index contributed by atoms with van der Waals surface area (Å²) in [4.78, 5) is 40.3. The van der Waals surface area contributed by atoms with Gasteiger partial charge in [-0.2, -0.15) is 0 Å². The molecule has 0 aliphatic carbocycles. The van der Waals surface area contributed by atoms with Crippen molar-refractivity contribution >= 4 is 17.6 Å². The van der Waals surface area contributed by atoms with E-state index in [9.17, 15) is 14.4 Å². The summed E-state index contributed by atoms with van der Waals surface area (Å²) in [5.74, 6) is -0.0557. The van der Waals surface area contributed by atoms with Gasteiger partial charge < -0.3 is 19.9 Å². The van der Waals surface area contributed by atoms with Crippen LogP contribution in [0.3, 0.4) is 0 Å². The molecule has 1 rings (SSSR count). The van der Waals surface area contributed by atoms with Gasteiger partial charge in [-0.1, -0.05) is 0 Å². The van der Waals surface area contributed by atoms with E-state index in [1.807, 2.05) is 0 Å². The number of likely N-dealkylation sites (N-methyl/N-ethyl adjacent to an activating group) is 2. The lowest BCUT2D eigenvalue weighted by molar-refractivity contribution is -0.132. The molecule has 0 aromatic carbocycles. The van der Waals surface area contributed by atoms with Gasteiger partial charge in [0.25, 0.3) is 0 Å². The Bertz CT molecular complexity index is 392. The zero-order valence-corrected chi connectivity index (χ0v) is 13.9. The lowest BCUT2D eigenvalue weighted by Gasteiger charge is -2.31. The number of hydrogen-bond acceptors (Lipinski definition) is 5. The molecular weight excluding hydrogens is 292 g/mol. The van der Waals surface area contributed by atoms with Gasteiger partial charge >= 0.3 is 0 Å². The normalized spacial score (nSPS) is 16.3. The predicted octanol–water partition coefficient (Wildman–Crippen LogP) is -0.822. The molecule has 1 heterocycles. The van der Waals surface area contributed by atoms with Gasteiger partial charge in [-0.3, -0.25) is 14.5 Å². The van der Waals surface area contributed by atoms with Crippen molar-refractivity contribution in [3.8, 4) is 0 Å². The van der Waals surface area contributed by atoms with Gasteiger partial charge in [-0.25, -0.2) is 0 Å². The summed E-state index contributed by atoms with van der Waals surface area (Å²) in [6.45, 7) is 6.59. The first kappa shape index (κ1) is 18.6. The molecule has 22 heavy (non-hydrogen) atoms. The molecule has 0 radical (unpaired) electrons. The molecule has 126 valence electrons. The Labute approximate surface area is 132 Å². The minimum Gasteiger partial charge on any atom is -0.353 e. The summed E-state index contributed by atoms with van der Waals surface area (Å²) in [6.07, 6.45) is 0.514. The number of carbonyl (C=O) groups is 3. The first-order valence-corrected chi connectivity index (χ1v) is 7.79. The van der Waals surface area contributed by atoms with E-state index in [1.165, 1.54) is 6.92 Å². The number of nitrogens with zero attached hydrogens (tertiary/aromatic N) is 3. The first-order chi connectivity index (χ1) is 10.4. The number of Topliss-reactive ketones (excluding diaryl/α,β-unsaturated/α-hetero) is 1. The van der Waals surface area contributed by atoms with Crippen LogP contribution in [0.15, 0.2) is 0 Å². The summed E-state index contributed by atoms with van der Waals surface area (Å²) in [5.41, 5.74) is 0. The van der Waals surface area contributed by atoms with Crippen LogP contribution in [-0.2, 0) is 14.4 Å². The van der Waals surface area contributed by atoms with Crippen molar-refractivity contribution in [2.24, 2.45) is 0 Å². The zero-order chi connectivity index (χ0) is 16.5. The molecule has 1 aliphatic rings. The second-order valence-corrected chi connectivity index (χ2v) is 5.95. The molecule has 2 amide bonds. The molecule has 7 nitrogen and oxygen atoms in total. The molecule has 1 N–H and O–H groups in total. The van der Waals surface area contributed by atoms with Crippen LogP contribution in [0.2, 0.25) is 0 Å². The maximum absolute atomic E-state index is 11.8. The highest BCUT2D eigenvalue weighted by molar-refractivity contribution is 5.83. The summed E-state index contributed by atoms with van der Waals surface area (Å²) in [7, 11) is 3.77. The number of carbonyl (C=O) groups excluding carboxylic acids is 3. The summed E-state index contributed by atoms with van der Waals surface area (Å²) >= 11 is 0. The maximum atomic E-state index is 11.8. The molecule has 0 unspecified atom stereocenters. The fraction of sp³-hybridized carbons (Fsp3) is 0.800. The Morgan fingerprint density at radius 1 is 1.09 bits per heavy atom. The van der Waals surface area contributed by atoms with Gasteiger partial charge in [0.15, 0.2) is 0 Å². The molecule has 1 saturated heterocycles. The highest BCUT2D eigenvalue weighted by Gasteiger charge is 2.16. The van der Waals surface area contributed by atoms with E-state index in [4.69, 9.17) is 0 Å². The van der Waals surface area contributed by atoms with Crippen molar-refractivity contribution in [3.05, 3.63) is 0 Å². The van der Waals surface area contributed by atoms with Crippen LogP contribution in [0, 0.1) is 0 Å². The van der Waals surface area contributed by atoms with Crippen molar-refractivity contribution in [1.29, 1.82) is 0 Å². The van der Waals surface area contributed by atoms with Crippen molar-refractivity contribution in [3.63, 3.8) is 0 Å². The van der Waals surface area contributed by atoms with Gasteiger partial charge in [0, 0.05) is 59.2 Å². The van der Waals surface area contributed by atoms with E-state index in [-0.39, 0.29) is 30.4 Å². The van der Waals surface area contributed by atoms with Crippen molar-refractivity contribution in [2.45, 2.75) is 19.8 Å². The Balaban J connectivity index is 2.13. The van der Waals surface area contributed by atoms with E-state index < -0.39 is 0 Å². The Morgan fingerprint density at radius 2 is 1.73 bits per heavy atom. The third-order valence-corrected chi connectivity index (χ3v) is 3.85. The molecule has 1 fully saturated rings. The monoisotopic (exact) mass is 320 g/mol. The van der Waals surface area contributed by atoms with Gasteiger partial charge in [-0.05, 0) is 14.0 Å². The van der Waals surface area contributed by atoms with Crippen molar-refractivity contribution in [1.82, 2.24) is 20.0 Å². The molecule has 0 aromatic heterocycles. The highest BCUT2D eigenvalue weighted by atomic mass is 16.3. The Kier molecular flexibility index (Phi) is 8.05. The number of nitrogens with one attached hydrogen (secondary N) is 1. The average Bonchev–Trinajstić information content (AvgIpc) is 2.47. The maximum Gasteiger partial charge on any atom is 0.234 e. The summed E-state index contributed by atoms with van der Waals surface area (Å²) < 4.78 is 0. The smallest absolute Gasteiger partial charge is 0.234 e.